The van der Waals surface area contributed by atoms with Crippen LogP contribution in [0.15, 0.2) is 6.07 Å². The number of ether oxygens (including phenoxy) is 2. The Labute approximate surface area is 120 Å². The Morgan fingerprint density at radius 3 is 2.90 bits per heavy atom. The second-order valence-electron chi connectivity index (χ2n) is 5.88. The SMILES string of the molecule is COC1CCCC(Oc2nc3c(cc2CN)CCC3)C1. The molecule has 20 heavy (non-hydrogen) atoms. The van der Waals surface area contributed by atoms with Gasteiger partial charge in [-0.3, -0.25) is 0 Å². The predicted octanol–water partition coefficient (Wildman–Crippen LogP) is 2.37. The molecular formula is C16H24N2O2. The Kier molecular flexibility index (Phi) is 4.22. The zero-order valence-electron chi connectivity index (χ0n) is 12.2. The van der Waals surface area contributed by atoms with E-state index in [-0.39, 0.29) is 6.10 Å². The quantitative estimate of drug-likeness (QED) is 0.917. The number of rotatable bonds is 4. The second kappa shape index (κ2) is 6.10. The number of nitrogens with zero attached hydrogens (tertiary/aromatic N) is 1. The van der Waals surface area contributed by atoms with E-state index in [1.807, 2.05) is 0 Å². The first kappa shape index (κ1) is 13.8. The van der Waals surface area contributed by atoms with Crippen molar-refractivity contribution in [1.82, 2.24) is 4.98 Å². The van der Waals surface area contributed by atoms with Crippen molar-refractivity contribution in [3.63, 3.8) is 0 Å². The first-order valence-corrected chi connectivity index (χ1v) is 7.71. The smallest absolute Gasteiger partial charge is 0.218 e. The van der Waals surface area contributed by atoms with Crippen LogP contribution in [0.25, 0.3) is 0 Å². The summed E-state index contributed by atoms with van der Waals surface area (Å²) >= 11 is 0. The van der Waals surface area contributed by atoms with Crippen LogP contribution in [0.2, 0.25) is 0 Å². The van der Waals surface area contributed by atoms with E-state index in [0.29, 0.717) is 12.6 Å². The summed E-state index contributed by atoms with van der Waals surface area (Å²) in [6.45, 7) is 0.496. The third-order valence-corrected chi connectivity index (χ3v) is 4.50. The molecule has 1 aromatic heterocycles. The van der Waals surface area contributed by atoms with E-state index < -0.39 is 0 Å². The van der Waals surface area contributed by atoms with Gasteiger partial charge in [0.25, 0.3) is 0 Å². The zero-order chi connectivity index (χ0) is 13.9. The molecule has 4 heteroatoms. The van der Waals surface area contributed by atoms with Gasteiger partial charge in [0.1, 0.15) is 6.10 Å². The summed E-state index contributed by atoms with van der Waals surface area (Å²) in [5.41, 5.74) is 9.47. The Balaban J connectivity index is 1.76. The molecule has 0 amide bonds. The van der Waals surface area contributed by atoms with Crippen molar-refractivity contribution in [3.8, 4) is 5.88 Å². The largest absolute Gasteiger partial charge is 0.474 e. The number of methoxy groups -OCH3 is 1. The van der Waals surface area contributed by atoms with Crippen molar-refractivity contribution in [2.75, 3.05) is 7.11 Å². The lowest BCUT2D eigenvalue weighted by atomic mass is 9.95. The van der Waals surface area contributed by atoms with Crippen molar-refractivity contribution in [3.05, 3.63) is 22.9 Å². The molecule has 3 rings (SSSR count). The summed E-state index contributed by atoms with van der Waals surface area (Å²) in [4.78, 5) is 4.73. The van der Waals surface area contributed by atoms with Crippen LogP contribution in [0.1, 0.15) is 48.9 Å². The van der Waals surface area contributed by atoms with Crippen LogP contribution in [-0.4, -0.2) is 24.3 Å². The fraction of sp³-hybridized carbons (Fsp3) is 0.688. The van der Waals surface area contributed by atoms with Gasteiger partial charge < -0.3 is 15.2 Å². The molecular weight excluding hydrogens is 252 g/mol. The Hall–Kier alpha value is -1.13. The molecule has 1 aromatic rings. The molecule has 0 radical (unpaired) electrons. The van der Waals surface area contributed by atoms with Gasteiger partial charge in [-0.15, -0.1) is 0 Å². The molecule has 0 bridgehead atoms. The molecule has 2 aliphatic rings. The molecule has 0 spiro atoms. The van der Waals surface area contributed by atoms with E-state index in [2.05, 4.69) is 6.07 Å². The summed E-state index contributed by atoms with van der Waals surface area (Å²) in [7, 11) is 1.78. The van der Waals surface area contributed by atoms with Gasteiger partial charge in [-0.05, 0) is 50.2 Å². The van der Waals surface area contributed by atoms with Crippen LogP contribution in [0.4, 0.5) is 0 Å². The number of fused-ring (bicyclic) bond motifs is 1. The lowest BCUT2D eigenvalue weighted by Crippen LogP contribution is -2.30. The van der Waals surface area contributed by atoms with E-state index in [1.54, 1.807) is 7.11 Å². The number of aromatic nitrogens is 1. The summed E-state index contributed by atoms with van der Waals surface area (Å²) in [5.74, 6) is 0.759. The predicted molar refractivity (Wildman–Crippen MR) is 77.8 cm³/mol. The molecule has 1 heterocycles. The topological polar surface area (TPSA) is 57.4 Å². The van der Waals surface area contributed by atoms with Gasteiger partial charge >= 0.3 is 0 Å². The number of pyridine rings is 1. The molecule has 2 atom stereocenters. The minimum Gasteiger partial charge on any atom is -0.474 e. The number of nitrogens with two attached hydrogens (primary N) is 1. The van der Waals surface area contributed by atoms with E-state index in [9.17, 15) is 0 Å². The highest BCUT2D eigenvalue weighted by Gasteiger charge is 2.25. The lowest BCUT2D eigenvalue weighted by molar-refractivity contribution is 0.0191. The molecule has 1 fully saturated rings. The van der Waals surface area contributed by atoms with E-state index in [1.165, 1.54) is 17.7 Å². The van der Waals surface area contributed by atoms with Crippen LogP contribution < -0.4 is 10.5 Å². The molecule has 2 aliphatic carbocycles. The standard InChI is InChI=1S/C16H24N2O2/c1-19-13-5-3-6-14(9-13)20-16-12(10-17)8-11-4-2-7-15(11)18-16/h8,13-14H,2-7,9-10,17H2,1H3. The summed E-state index contributed by atoms with van der Waals surface area (Å²) in [5, 5.41) is 0. The average molecular weight is 276 g/mol. The van der Waals surface area contributed by atoms with Crippen LogP contribution in [0, 0.1) is 0 Å². The van der Waals surface area contributed by atoms with Gasteiger partial charge in [0.15, 0.2) is 0 Å². The fourth-order valence-electron chi connectivity index (χ4n) is 3.33. The van der Waals surface area contributed by atoms with E-state index >= 15 is 0 Å². The van der Waals surface area contributed by atoms with Crippen molar-refractivity contribution in [1.29, 1.82) is 0 Å². The van der Waals surface area contributed by atoms with Crippen molar-refractivity contribution < 1.29 is 9.47 Å². The lowest BCUT2D eigenvalue weighted by Gasteiger charge is -2.29. The molecule has 1 saturated carbocycles. The molecule has 0 aromatic carbocycles. The highest BCUT2D eigenvalue weighted by molar-refractivity contribution is 5.36. The Morgan fingerprint density at radius 2 is 2.10 bits per heavy atom. The number of hydrogen-bond acceptors (Lipinski definition) is 4. The van der Waals surface area contributed by atoms with Crippen LogP contribution in [-0.2, 0) is 24.1 Å². The van der Waals surface area contributed by atoms with Gasteiger partial charge in [0.05, 0.1) is 6.10 Å². The minimum atomic E-state index is 0.214. The van der Waals surface area contributed by atoms with Gasteiger partial charge in [0, 0.05) is 31.3 Å². The van der Waals surface area contributed by atoms with Gasteiger partial charge in [0.2, 0.25) is 5.88 Å². The average Bonchev–Trinajstić information content (AvgIpc) is 2.93. The third kappa shape index (κ3) is 2.81. The van der Waals surface area contributed by atoms with Gasteiger partial charge in [-0.1, -0.05) is 0 Å². The Morgan fingerprint density at radius 1 is 1.25 bits per heavy atom. The first-order valence-electron chi connectivity index (χ1n) is 7.71. The van der Waals surface area contributed by atoms with E-state index in [0.717, 1.165) is 50.0 Å². The summed E-state index contributed by atoms with van der Waals surface area (Å²) in [6.07, 6.45) is 8.28. The third-order valence-electron chi connectivity index (χ3n) is 4.50. The van der Waals surface area contributed by atoms with Crippen molar-refractivity contribution in [2.45, 2.75) is 63.7 Å². The minimum absolute atomic E-state index is 0.214. The fourth-order valence-corrected chi connectivity index (χ4v) is 3.33. The highest BCUT2D eigenvalue weighted by atomic mass is 16.5. The summed E-state index contributed by atoms with van der Waals surface area (Å²) < 4.78 is 11.6. The second-order valence-corrected chi connectivity index (χ2v) is 5.88. The molecule has 0 saturated heterocycles. The first-order chi connectivity index (χ1) is 9.80. The molecule has 4 nitrogen and oxygen atoms in total. The van der Waals surface area contributed by atoms with Crippen LogP contribution in [0.5, 0.6) is 5.88 Å². The van der Waals surface area contributed by atoms with Crippen molar-refractivity contribution in [2.24, 2.45) is 5.73 Å². The van der Waals surface area contributed by atoms with Gasteiger partial charge in [-0.25, -0.2) is 4.98 Å². The monoisotopic (exact) mass is 276 g/mol. The number of aryl methyl sites for hydroxylation is 2. The maximum Gasteiger partial charge on any atom is 0.218 e. The number of hydrogen-bond donors (Lipinski definition) is 1. The maximum absolute atomic E-state index is 6.16. The molecule has 2 unspecified atom stereocenters. The zero-order valence-corrected chi connectivity index (χ0v) is 12.2. The van der Waals surface area contributed by atoms with Crippen molar-refractivity contribution >= 4 is 0 Å². The highest BCUT2D eigenvalue weighted by Crippen LogP contribution is 2.30. The normalized spacial score (nSPS) is 25.5. The van der Waals surface area contributed by atoms with Crippen LogP contribution >= 0.6 is 0 Å². The molecule has 2 N–H and O–H groups in total. The maximum atomic E-state index is 6.16. The van der Waals surface area contributed by atoms with Gasteiger partial charge in [-0.2, -0.15) is 0 Å². The summed E-state index contributed by atoms with van der Waals surface area (Å²) in [6, 6.07) is 2.20. The van der Waals surface area contributed by atoms with Crippen LogP contribution in [0.3, 0.4) is 0 Å². The molecule has 110 valence electrons. The molecule has 0 aliphatic heterocycles. The Bertz CT molecular complexity index is 476. The van der Waals surface area contributed by atoms with E-state index in [4.69, 9.17) is 20.2 Å².